The van der Waals surface area contributed by atoms with Crippen molar-refractivity contribution in [3.63, 3.8) is 0 Å². The third kappa shape index (κ3) is 9.69. The molecule has 3 N–H and O–H groups in total. The first kappa shape index (κ1) is 22.9. The van der Waals surface area contributed by atoms with E-state index in [1.165, 1.54) is 0 Å². The minimum absolute atomic E-state index is 0. The molecule has 1 rings (SSSR count). The van der Waals surface area contributed by atoms with Crippen LogP contribution in [0.3, 0.4) is 0 Å². The topological polar surface area (TPSA) is 75.1 Å². The zero-order valence-corrected chi connectivity index (χ0v) is 16.9. The third-order valence-corrected chi connectivity index (χ3v) is 3.96. The lowest BCUT2D eigenvalue weighted by atomic mass is 9.84. The minimum Gasteiger partial charge on any atom is -0.396 e. The first-order valence-electron chi connectivity index (χ1n) is 8.55. The first-order chi connectivity index (χ1) is 10.8. The lowest BCUT2D eigenvalue weighted by molar-refractivity contribution is 0.131. The Balaban J connectivity index is 0.00000484. The predicted octanol–water partition coefficient (Wildman–Crippen LogP) is 1.77. The van der Waals surface area contributed by atoms with Crippen LogP contribution < -0.4 is 10.6 Å². The molecule has 0 radical (unpaired) electrons. The Morgan fingerprint density at radius 1 is 1.30 bits per heavy atom. The van der Waals surface area contributed by atoms with Gasteiger partial charge in [0.25, 0.3) is 0 Å². The average Bonchev–Trinajstić information content (AvgIpc) is 2.97. The van der Waals surface area contributed by atoms with Crippen molar-refractivity contribution in [3.05, 3.63) is 0 Å². The maximum Gasteiger partial charge on any atom is 0.191 e. The molecular formula is C16H34IN3O3. The van der Waals surface area contributed by atoms with E-state index >= 15 is 0 Å². The molecule has 1 fully saturated rings. The molecule has 23 heavy (non-hydrogen) atoms. The quantitative estimate of drug-likeness (QED) is 0.197. The summed E-state index contributed by atoms with van der Waals surface area (Å²) in [7, 11) is 0. The van der Waals surface area contributed by atoms with Gasteiger partial charge in [-0.1, -0.05) is 0 Å². The fourth-order valence-electron chi connectivity index (χ4n) is 2.56. The number of halogens is 1. The minimum atomic E-state index is 0. The van der Waals surface area contributed by atoms with Gasteiger partial charge in [0.15, 0.2) is 5.96 Å². The number of unbranched alkanes of at least 4 members (excludes halogenated alkanes) is 1. The zero-order valence-electron chi connectivity index (χ0n) is 14.6. The van der Waals surface area contributed by atoms with Crippen LogP contribution in [0.2, 0.25) is 0 Å². The summed E-state index contributed by atoms with van der Waals surface area (Å²) in [5.74, 6) is 0.850. The molecule has 1 heterocycles. The van der Waals surface area contributed by atoms with Crippen LogP contribution >= 0.6 is 24.0 Å². The van der Waals surface area contributed by atoms with Crippen LogP contribution in [0.15, 0.2) is 4.99 Å². The molecule has 138 valence electrons. The number of aliphatic hydroxyl groups excluding tert-OH is 1. The SMILES string of the molecule is CCNC(=NCC1(CCO)CCOC1)NCCCCOCC.I. The van der Waals surface area contributed by atoms with E-state index in [1.54, 1.807) is 0 Å². The fraction of sp³-hybridized carbons (Fsp3) is 0.938. The van der Waals surface area contributed by atoms with Crippen molar-refractivity contribution in [2.75, 3.05) is 52.7 Å². The summed E-state index contributed by atoms with van der Waals surface area (Å²) in [6.07, 6.45) is 3.85. The van der Waals surface area contributed by atoms with Crippen molar-refractivity contribution in [2.45, 2.75) is 39.5 Å². The predicted molar refractivity (Wildman–Crippen MR) is 105 cm³/mol. The molecule has 0 aromatic rings. The van der Waals surface area contributed by atoms with Crippen molar-refractivity contribution < 1.29 is 14.6 Å². The Kier molecular flexibility index (Phi) is 14.2. The third-order valence-electron chi connectivity index (χ3n) is 3.96. The number of ether oxygens (including phenoxy) is 2. The molecule has 0 aliphatic carbocycles. The van der Waals surface area contributed by atoms with Crippen LogP contribution in [0.4, 0.5) is 0 Å². The molecule has 0 amide bonds. The van der Waals surface area contributed by atoms with Crippen LogP contribution in [-0.2, 0) is 9.47 Å². The summed E-state index contributed by atoms with van der Waals surface area (Å²) in [4.78, 5) is 4.69. The van der Waals surface area contributed by atoms with Gasteiger partial charge in [0.2, 0.25) is 0 Å². The van der Waals surface area contributed by atoms with Crippen molar-refractivity contribution in [2.24, 2.45) is 10.4 Å². The van der Waals surface area contributed by atoms with Crippen LogP contribution in [0, 0.1) is 5.41 Å². The standard InChI is InChI=1S/C16H33N3O3.HI/c1-3-17-15(18-9-5-6-11-21-4-2)19-13-16(7-10-20)8-12-22-14-16;/h20H,3-14H2,1-2H3,(H2,17,18,19);1H. The number of nitrogens with one attached hydrogen (secondary N) is 2. The van der Waals surface area contributed by atoms with Crippen LogP contribution in [0.1, 0.15) is 39.5 Å². The number of hydrogen-bond acceptors (Lipinski definition) is 4. The zero-order chi connectivity index (χ0) is 16.1. The van der Waals surface area contributed by atoms with Gasteiger partial charge in [0, 0.05) is 44.9 Å². The van der Waals surface area contributed by atoms with Crippen LogP contribution in [-0.4, -0.2) is 63.7 Å². The van der Waals surface area contributed by atoms with Crippen LogP contribution in [0.25, 0.3) is 0 Å². The summed E-state index contributed by atoms with van der Waals surface area (Å²) >= 11 is 0. The molecule has 1 atom stereocenters. The highest BCUT2D eigenvalue weighted by atomic mass is 127. The second-order valence-electron chi connectivity index (χ2n) is 5.80. The van der Waals surface area contributed by atoms with Gasteiger partial charge in [-0.15, -0.1) is 24.0 Å². The number of aliphatic imine (C=N–C) groups is 1. The molecule has 0 bridgehead atoms. The highest BCUT2D eigenvalue weighted by Crippen LogP contribution is 2.32. The molecule has 0 aromatic heterocycles. The number of nitrogens with zero attached hydrogens (tertiary/aromatic N) is 1. The highest BCUT2D eigenvalue weighted by molar-refractivity contribution is 14.0. The Hall–Kier alpha value is -0.120. The molecule has 1 unspecified atom stereocenters. The molecule has 0 aromatic carbocycles. The summed E-state index contributed by atoms with van der Waals surface area (Å²) in [5.41, 5.74) is 0.00602. The smallest absolute Gasteiger partial charge is 0.191 e. The number of guanidine groups is 1. The second kappa shape index (κ2) is 14.2. The van der Waals surface area contributed by atoms with E-state index in [-0.39, 0.29) is 36.0 Å². The van der Waals surface area contributed by atoms with Crippen molar-refractivity contribution >= 4 is 29.9 Å². The summed E-state index contributed by atoms with van der Waals surface area (Å²) in [6.45, 7) is 9.79. The molecule has 0 saturated carbocycles. The second-order valence-corrected chi connectivity index (χ2v) is 5.80. The Labute approximate surface area is 157 Å². The summed E-state index contributed by atoms with van der Waals surface area (Å²) in [6, 6.07) is 0. The molecule has 0 spiro atoms. The van der Waals surface area contributed by atoms with Crippen molar-refractivity contribution in [1.29, 1.82) is 0 Å². The number of hydrogen-bond donors (Lipinski definition) is 3. The molecule has 7 heteroatoms. The van der Waals surface area contributed by atoms with Gasteiger partial charge in [0.05, 0.1) is 13.2 Å². The molecular weight excluding hydrogens is 409 g/mol. The van der Waals surface area contributed by atoms with Crippen molar-refractivity contribution in [3.8, 4) is 0 Å². The van der Waals surface area contributed by atoms with Gasteiger partial charge in [-0.25, -0.2) is 0 Å². The molecule has 1 aliphatic heterocycles. The average molecular weight is 443 g/mol. The van der Waals surface area contributed by atoms with Gasteiger partial charge >= 0.3 is 0 Å². The molecule has 1 saturated heterocycles. The largest absolute Gasteiger partial charge is 0.396 e. The molecule has 1 aliphatic rings. The Morgan fingerprint density at radius 3 is 2.74 bits per heavy atom. The summed E-state index contributed by atoms with van der Waals surface area (Å²) in [5, 5.41) is 15.9. The van der Waals surface area contributed by atoms with E-state index in [0.717, 1.165) is 64.6 Å². The van der Waals surface area contributed by atoms with Gasteiger partial charge in [-0.3, -0.25) is 4.99 Å². The number of aliphatic hydroxyl groups is 1. The lowest BCUT2D eigenvalue weighted by Crippen LogP contribution is -2.39. The normalized spacial score (nSPS) is 21.1. The maximum atomic E-state index is 9.26. The summed E-state index contributed by atoms with van der Waals surface area (Å²) < 4.78 is 10.8. The monoisotopic (exact) mass is 443 g/mol. The van der Waals surface area contributed by atoms with Gasteiger partial charge in [0.1, 0.15) is 0 Å². The highest BCUT2D eigenvalue weighted by Gasteiger charge is 2.34. The van der Waals surface area contributed by atoms with E-state index in [4.69, 9.17) is 14.5 Å². The number of rotatable bonds is 11. The van der Waals surface area contributed by atoms with E-state index < -0.39 is 0 Å². The maximum absolute atomic E-state index is 9.26. The molecule has 6 nitrogen and oxygen atoms in total. The van der Waals surface area contributed by atoms with Gasteiger partial charge in [-0.05, 0) is 39.5 Å². The van der Waals surface area contributed by atoms with Crippen LogP contribution in [0.5, 0.6) is 0 Å². The van der Waals surface area contributed by atoms with Crippen molar-refractivity contribution in [1.82, 2.24) is 10.6 Å². The van der Waals surface area contributed by atoms with E-state index in [2.05, 4.69) is 17.6 Å². The Morgan fingerprint density at radius 2 is 2.13 bits per heavy atom. The van der Waals surface area contributed by atoms with E-state index in [1.807, 2.05) is 6.92 Å². The van der Waals surface area contributed by atoms with Gasteiger partial charge < -0.3 is 25.2 Å². The Bertz CT molecular complexity index is 311. The lowest BCUT2D eigenvalue weighted by Gasteiger charge is -2.24. The van der Waals surface area contributed by atoms with Gasteiger partial charge in [-0.2, -0.15) is 0 Å². The first-order valence-corrected chi connectivity index (χ1v) is 8.55. The van der Waals surface area contributed by atoms with E-state index in [9.17, 15) is 5.11 Å². The van der Waals surface area contributed by atoms with E-state index in [0.29, 0.717) is 13.2 Å². The fourth-order valence-corrected chi connectivity index (χ4v) is 2.56.